The molecule has 9 heteroatoms. The van der Waals surface area contributed by atoms with Gasteiger partial charge in [-0.3, -0.25) is 19.8 Å². The zero-order valence-electron chi connectivity index (χ0n) is 20.2. The van der Waals surface area contributed by atoms with Crippen molar-refractivity contribution in [1.82, 2.24) is 15.3 Å². The Hall–Kier alpha value is -2.98. The van der Waals surface area contributed by atoms with E-state index in [0.717, 1.165) is 16.8 Å². The summed E-state index contributed by atoms with van der Waals surface area (Å²) in [4.78, 5) is 31.2. The number of hydrogen-bond acceptors (Lipinski definition) is 6. The second kappa shape index (κ2) is 11.2. The summed E-state index contributed by atoms with van der Waals surface area (Å²) in [7, 11) is 0. The summed E-state index contributed by atoms with van der Waals surface area (Å²) < 4.78 is 5.38. The number of piperazine rings is 1. The predicted molar refractivity (Wildman–Crippen MR) is 131 cm³/mol. The van der Waals surface area contributed by atoms with Crippen molar-refractivity contribution in [3.05, 3.63) is 65.2 Å². The number of urea groups is 1. The number of nitrogens with zero attached hydrogens (tertiary/aromatic N) is 3. The maximum Gasteiger partial charge on any atom is 0.324 e. The number of carbonyl (C=O) groups is 2. The number of carbonyl (C=O) groups excluding carboxylic acids is 2. The predicted octanol–water partition coefficient (Wildman–Crippen LogP) is 2.40. The van der Waals surface area contributed by atoms with Crippen molar-refractivity contribution in [3.8, 4) is 0 Å². The largest absolute Gasteiger partial charge is 0.388 e. The van der Waals surface area contributed by atoms with E-state index in [-0.39, 0.29) is 6.03 Å². The Kier molecular flexibility index (Phi) is 8.02. The van der Waals surface area contributed by atoms with E-state index in [1.807, 2.05) is 36.1 Å². The first-order chi connectivity index (χ1) is 16.9. The van der Waals surface area contributed by atoms with Crippen molar-refractivity contribution in [1.29, 1.82) is 0 Å². The highest BCUT2D eigenvalue weighted by Gasteiger charge is 2.34. The molecule has 188 valence electrons. The van der Waals surface area contributed by atoms with Crippen LogP contribution in [0.2, 0.25) is 0 Å². The van der Waals surface area contributed by atoms with E-state index in [4.69, 9.17) is 9.94 Å². The number of anilines is 1. The number of aryl methyl sites for hydroxylation is 1. The molecule has 0 saturated carbocycles. The molecule has 9 nitrogen and oxygen atoms in total. The van der Waals surface area contributed by atoms with Crippen LogP contribution in [-0.2, 0) is 11.3 Å². The van der Waals surface area contributed by atoms with Gasteiger partial charge in [0.1, 0.15) is 0 Å². The van der Waals surface area contributed by atoms with Crippen LogP contribution in [0.3, 0.4) is 0 Å². The fourth-order valence-electron chi connectivity index (χ4n) is 4.67. The maximum absolute atomic E-state index is 13.7. The molecule has 4 rings (SSSR count). The van der Waals surface area contributed by atoms with Crippen LogP contribution in [0, 0.1) is 6.92 Å². The van der Waals surface area contributed by atoms with Gasteiger partial charge in [-0.2, -0.15) is 0 Å². The highest BCUT2D eigenvalue weighted by molar-refractivity contribution is 5.94. The third kappa shape index (κ3) is 6.37. The van der Waals surface area contributed by atoms with Crippen molar-refractivity contribution in [3.63, 3.8) is 0 Å². The minimum atomic E-state index is -0.711. The summed E-state index contributed by atoms with van der Waals surface area (Å²) >= 11 is 0. The van der Waals surface area contributed by atoms with Gasteiger partial charge in [0.15, 0.2) is 0 Å². The van der Waals surface area contributed by atoms with Crippen LogP contribution in [0.4, 0.5) is 10.5 Å². The van der Waals surface area contributed by atoms with E-state index in [1.54, 1.807) is 34.6 Å². The highest BCUT2D eigenvalue weighted by Crippen LogP contribution is 2.24. The SMILES string of the molecule is Cc1cccc(N(Cc2ccc(C(=O)NO)cc2)C(=O)N2CCN(CC3(O)CCOCC3)CC2)c1. The summed E-state index contributed by atoms with van der Waals surface area (Å²) in [5.74, 6) is -0.577. The Morgan fingerprint density at radius 3 is 2.37 bits per heavy atom. The van der Waals surface area contributed by atoms with Crippen LogP contribution in [0.5, 0.6) is 0 Å². The minimum Gasteiger partial charge on any atom is -0.388 e. The summed E-state index contributed by atoms with van der Waals surface area (Å²) in [6, 6.07) is 14.6. The quantitative estimate of drug-likeness (QED) is 0.431. The average molecular weight is 483 g/mol. The van der Waals surface area contributed by atoms with E-state index >= 15 is 0 Å². The molecule has 0 atom stereocenters. The standard InChI is InChI=1S/C26H34N4O5/c1-20-3-2-4-23(17-20)30(18-21-5-7-22(8-6-21)24(31)27-34)25(32)29-13-11-28(12-14-29)19-26(33)9-15-35-16-10-26/h2-8,17,33-34H,9-16,18-19H2,1H3,(H,27,31). The van der Waals surface area contributed by atoms with Crippen LogP contribution < -0.4 is 10.4 Å². The van der Waals surface area contributed by atoms with Gasteiger partial charge in [-0.15, -0.1) is 0 Å². The van der Waals surface area contributed by atoms with E-state index < -0.39 is 11.5 Å². The molecule has 2 aromatic carbocycles. The lowest BCUT2D eigenvalue weighted by molar-refractivity contribution is -0.0829. The minimum absolute atomic E-state index is 0.0720. The monoisotopic (exact) mass is 482 g/mol. The molecular formula is C26H34N4O5. The lowest BCUT2D eigenvalue weighted by Gasteiger charge is -2.41. The number of amides is 3. The molecule has 2 aliphatic heterocycles. The number of hydroxylamine groups is 1. The molecule has 2 aliphatic rings. The molecule has 2 aromatic rings. The Balaban J connectivity index is 1.44. The summed E-state index contributed by atoms with van der Waals surface area (Å²) in [6.45, 7) is 6.72. The fourth-order valence-corrected chi connectivity index (χ4v) is 4.67. The van der Waals surface area contributed by atoms with E-state index in [0.29, 0.717) is 70.9 Å². The lowest BCUT2D eigenvalue weighted by Crippen LogP contribution is -2.56. The Labute approximate surface area is 205 Å². The molecule has 2 heterocycles. The molecule has 0 aliphatic carbocycles. The van der Waals surface area contributed by atoms with Gasteiger partial charge in [0, 0.05) is 70.0 Å². The molecular weight excluding hydrogens is 448 g/mol. The van der Waals surface area contributed by atoms with E-state index in [2.05, 4.69) is 4.90 Å². The number of aliphatic hydroxyl groups is 1. The first-order valence-corrected chi connectivity index (χ1v) is 12.1. The van der Waals surface area contributed by atoms with Crippen molar-refractivity contribution in [2.45, 2.75) is 31.9 Å². The van der Waals surface area contributed by atoms with Crippen LogP contribution in [0.1, 0.15) is 34.3 Å². The summed E-state index contributed by atoms with van der Waals surface area (Å²) in [5.41, 5.74) is 4.00. The topological polar surface area (TPSA) is 106 Å². The molecule has 3 amide bonds. The third-order valence-electron chi connectivity index (χ3n) is 6.79. The van der Waals surface area contributed by atoms with E-state index in [9.17, 15) is 14.7 Å². The van der Waals surface area contributed by atoms with Crippen LogP contribution in [-0.4, -0.2) is 83.6 Å². The van der Waals surface area contributed by atoms with Gasteiger partial charge in [-0.05, 0) is 42.3 Å². The fraction of sp³-hybridized carbons (Fsp3) is 0.462. The van der Waals surface area contributed by atoms with Gasteiger partial charge in [0.2, 0.25) is 0 Å². The summed E-state index contributed by atoms with van der Waals surface area (Å²) in [5, 5.41) is 19.7. The Morgan fingerprint density at radius 2 is 1.74 bits per heavy atom. The number of hydrogen-bond donors (Lipinski definition) is 3. The van der Waals surface area contributed by atoms with Crippen LogP contribution >= 0.6 is 0 Å². The number of rotatable bonds is 6. The zero-order valence-corrected chi connectivity index (χ0v) is 20.2. The normalized spacial score (nSPS) is 18.2. The molecule has 0 bridgehead atoms. The number of β-amino-alcohol motifs (C(OH)–C–C–N with tert-alkyl or cyclic N) is 1. The molecule has 3 N–H and O–H groups in total. The van der Waals surface area contributed by atoms with Crippen molar-refractivity contribution < 1.29 is 24.6 Å². The van der Waals surface area contributed by atoms with Crippen molar-refractivity contribution >= 4 is 17.6 Å². The Morgan fingerprint density at radius 1 is 1.06 bits per heavy atom. The summed E-state index contributed by atoms with van der Waals surface area (Å²) in [6.07, 6.45) is 1.29. The van der Waals surface area contributed by atoms with Crippen molar-refractivity contribution in [2.24, 2.45) is 0 Å². The van der Waals surface area contributed by atoms with Crippen LogP contribution in [0.25, 0.3) is 0 Å². The van der Waals surface area contributed by atoms with Gasteiger partial charge in [0.25, 0.3) is 5.91 Å². The second-order valence-corrected chi connectivity index (χ2v) is 9.45. The van der Waals surface area contributed by atoms with Gasteiger partial charge >= 0.3 is 6.03 Å². The van der Waals surface area contributed by atoms with Gasteiger partial charge in [0.05, 0.1) is 12.1 Å². The van der Waals surface area contributed by atoms with Gasteiger partial charge in [-0.25, -0.2) is 10.3 Å². The second-order valence-electron chi connectivity index (χ2n) is 9.45. The van der Waals surface area contributed by atoms with E-state index in [1.165, 1.54) is 0 Å². The van der Waals surface area contributed by atoms with Gasteiger partial charge in [-0.1, -0.05) is 24.3 Å². The number of benzene rings is 2. The molecule has 0 unspecified atom stereocenters. The Bertz CT molecular complexity index is 1010. The average Bonchev–Trinajstić information content (AvgIpc) is 2.87. The molecule has 0 spiro atoms. The third-order valence-corrected chi connectivity index (χ3v) is 6.79. The molecule has 0 radical (unpaired) electrons. The molecule has 0 aromatic heterocycles. The lowest BCUT2D eigenvalue weighted by atomic mass is 9.93. The smallest absolute Gasteiger partial charge is 0.324 e. The van der Waals surface area contributed by atoms with Crippen molar-refractivity contribution in [2.75, 3.05) is 50.8 Å². The maximum atomic E-state index is 13.7. The van der Waals surface area contributed by atoms with Gasteiger partial charge < -0.3 is 14.7 Å². The first-order valence-electron chi connectivity index (χ1n) is 12.1. The molecule has 2 saturated heterocycles. The molecule has 2 fully saturated rings. The first kappa shape index (κ1) is 25.1. The number of ether oxygens (including phenoxy) is 1. The zero-order chi connectivity index (χ0) is 24.8. The highest BCUT2D eigenvalue weighted by atomic mass is 16.5. The number of nitrogens with one attached hydrogen (secondary N) is 1. The molecule has 35 heavy (non-hydrogen) atoms. The van der Waals surface area contributed by atoms with Crippen LogP contribution in [0.15, 0.2) is 48.5 Å².